The van der Waals surface area contributed by atoms with Crippen molar-refractivity contribution in [1.82, 2.24) is 21.3 Å². The zero-order valence-corrected chi connectivity index (χ0v) is 15.8. The number of rotatable bonds is 8. The van der Waals surface area contributed by atoms with Gasteiger partial charge in [-0.3, -0.25) is 19.7 Å². The summed E-state index contributed by atoms with van der Waals surface area (Å²) in [5.74, 6) is -2.49. The van der Waals surface area contributed by atoms with Crippen LogP contribution in [0.3, 0.4) is 0 Å². The van der Waals surface area contributed by atoms with E-state index in [4.69, 9.17) is 0 Å². The number of aliphatic hydroxyl groups excluding tert-OH is 1. The van der Waals surface area contributed by atoms with E-state index < -0.39 is 23.8 Å². The molecule has 3 amide bonds. The van der Waals surface area contributed by atoms with Crippen LogP contribution in [0.15, 0.2) is 30.3 Å². The highest BCUT2D eigenvalue weighted by molar-refractivity contribution is 5.90. The Balaban J connectivity index is 1.63. The molecule has 2 fully saturated rings. The van der Waals surface area contributed by atoms with Gasteiger partial charge in [0.05, 0.1) is 12.1 Å². The van der Waals surface area contributed by atoms with Gasteiger partial charge in [-0.05, 0) is 37.8 Å². The number of benzene rings is 1. The van der Waals surface area contributed by atoms with E-state index in [-0.39, 0.29) is 31.0 Å². The molecule has 0 saturated carbocycles. The number of carbonyl (C=O) groups excluding carboxylic acids is 3. The molecule has 2 aliphatic rings. The summed E-state index contributed by atoms with van der Waals surface area (Å²) in [5.41, 5.74) is 0.898. The second-order valence-electron chi connectivity index (χ2n) is 7.42. The molecule has 1 unspecified atom stereocenters. The maximum absolute atomic E-state index is 12.8. The van der Waals surface area contributed by atoms with Crippen molar-refractivity contribution in [3.8, 4) is 0 Å². The fourth-order valence-corrected chi connectivity index (χ4v) is 3.71. The summed E-state index contributed by atoms with van der Waals surface area (Å²) in [7, 11) is 0. The third-order valence-electron chi connectivity index (χ3n) is 5.37. The summed E-state index contributed by atoms with van der Waals surface area (Å²) in [6, 6.07) is 9.34. The predicted octanol–water partition coefficient (Wildman–Crippen LogP) is -0.368. The molecule has 4 atom stereocenters. The quantitative estimate of drug-likeness (QED) is 0.416. The van der Waals surface area contributed by atoms with E-state index in [1.807, 2.05) is 30.3 Å². The molecular formula is C20H28N4O4. The van der Waals surface area contributed by atoms with Crippen LogP contribution in [0.5, 0.6) is 0 Å². The van der Waals surface area contributed by atoms with Crippen molar-refractivity contribution in [3.05, 3.63) is 35.9 Å². The first-order valence-corrected chi connectivity index (χ1v) is 9.86. The molecule has 0 bridgehead atoms. The standard InChI is InChI=1S/C20H28N4O4/c25-17(20(28)23-12-13-5-2-1-3-6-13)15(11-14-8-10-22-18(14)26)19(27)24-16-7-4-9-21-16/h1-3,5-6,14-17,21,25H,4,7-12H2,(H,22,26)(H,23,28)(H,24,27)/t14-,15+,16+,17?/m1/s1. The maximum atomic E-state index is 12.8. The van der Waals surface area contributed by atoms with Crippen LogP contribution >= 0.6 is 0 Å². The van der Waals surface area contributed by atoms with Crippen molar-refractivity contribution in [2.24, 2.45) is 11.8 Å². The Morgan fingerprint density at radius 1 is 1.14 bits per heavy atom. The molecule has 8 nitrogen and oxygen atoms in total. The monoisotopic (exact) mass is 388 g/mol. The molecule has 28 heavy (non-hydrogen) atoms. The minimum atomic E-state index is -1.52. The number of amides is 3. The highest BCUT2D eigenvalue weighted by Gasteiger charge is 2.38. The van der Waals surface area contributed by atoms with Gasteiger partial charge >= 0.3 is 0 Å². The fraction of sp³-hybridized carbons (Fsp3) is 0.550. The van der Waals surface area contributed by atoms with Crippen LogP contribution in [0.4, 0.5) is 0 Å². The Kier molecular flexibility index (Phi) is 7.00. The van der Waals surface area contributed by atoms with Gasteiger partial charge in [0.1, 0.15) is 6.10 Å². The van der Waals surface area contributed by atoms with Gasteiger partial charge in [0.25, 0.3) is 0 Å². The maximum Gasteiger partial charge on any atom is 0.249 e. The van der Waals surface area contributed by atoms with Crippen LogP contribution in [0.1, 0.15) is 31.2 Å². The lowest BCUT2D eigenvalue weighted by atomic mass is 9.88. The van der Waals surface area contributed by atoms with Gasteiger partial charge in [-0.1, -0.05) is 30.3 Å². The molecule has 2 aliphatic heterocycles. The molecule has 5 N–H and O–H groups in total. The first kappa shape index (κ1) is 20.3. The van der Waals surface area contributed by atoms with Crippen LogP contribution in [-0.2, 0) is 20.9 Å². The van der Waals surface area contributed by atoms with Crippen LogP contribution < -0.4 is 21.3 Å². The lowest BCUT2D eigenvalue weighted by molar-refractivity contribution is -0.142. The highest BCUT2D eigenvalue weighted by atomic mass is 16.3. The van der Waals surface area contributed by atoms with E-state index >= 15 is 0 Å². The number of aliphatic hydroxyl groups is 1. The number of carbonyl (C=O) groups is 3. The SMILES string of the molecule is O=C(NCc1ccccc1)C(O)[C@H](C[C@H]1CCNC1=O)C(=O)N[C@H]1CCCN1. The summed E-state index contributed by atoms with van der Waals surface area (Å²) in [4.78, 5) is 37.2. The summed E-state index contributed by atoms with van der Waals surface area (Å²) in [5, 5.41) is 22.1. The Morgan fingerprint density at radius 2 is 1.93 bits per heavy atom. The van der Waals surface area contributed by atoms with E-state index in [1.165, 1.54) is 0 Å². The molecule has 0 aromatic heterocycles. The van der Waals surface area contributed by atoms with E-state index in [9.17, 15) is 19.5 Å². The van der Waals surface area contributed by atoms with E-state index in [1.54, 1.807) is 0 Å². The molecule has 2 saturated heterocycles. The molecule has 2 heterocycles. The molecule has 152 valence electrons. The van der Waals surface area contributed by atoms with Gasteiger partial charge in [0.15, 0.2) is 0 Å². The third kappa shape index (κ3) is 5.30. The largest absolute Gasteiger partial charge is 0.382 e. The second-order valence-corrected chi connectivity index (χ2v) is 7.42. The predicted molar refractivity (Wildman–Crippen MR) is 103 cm³/mol. The molecule has 1 aromatic carbocycles. The van der Waals surface area contributed by atoms with Crippen molar-refractivity contribution < 1.29 is 19.5 Å². The fourth-order valence-electron chi connectivity index (χ4n) is 3.71. The molecule has 8 heteroatoms. The van der Waals surface area contributed by atoms with E-state index in [0.717, 1.165) is 24.9 Å². The minimum Gasteiger partial charge on any atom is -0.382 e. The highest BCUT2D eigenvalue weighted by Crippen LogP contribution is 2.23. The van der Waals surface area contributed by atoms with Crippen molar-refractivity contribution in [2.45, 2.75) is 44.5 Å². The van der Waals surface area contributed by atoms with Gasteiger partial charge in [0, 0.05) is 19.0 Å². The number of nitrogens with one attached hydrogen (secondary N) is 4. The molecule has 0 aliphatic carbocycles. The van der Waals surface area contributed by atoms with E-state index in [0.29, 0.717) is 13.0 Å². The molecular weight excluding hydrogens is 360 g/mol. The molecule has 0 radical (unpaired) electrons. The van der Waals surface area contributed by atoms with E-state index in [2.05, 4.69) is 21.3 Å². The van der Waals surface area contributed by atoms with Crippen molar-refractivity contribution >= 4 is 17.7 Å². The average Bonchev–Trinajstić information content (AvgIpc) is 3.36. The first-order valence-electron chi connectivity index (χ1n) is 9.86. The zero-order valence-electron chi connectivity index (χ0n) is 15.8. The van der Waals surface area contributed by atoms with Gasteiger partial charge in [-0.2, -0.15) is 0 Å². The van der Waals surface area contributed by atoms with Crippen molar-refractivity contribution in [2.75, 3.05) is 13.1 Å². The Hall–Kier alpha value is -2.45. The molecule has 3 rings (SSSR count). The first-order chi connectivity index (χ1) is 13.5. The van der Waals surface area contributed by atoms with Crippen LogP contribution in [0.25, 0.3) is 0 Å². The Bertz CT molecular complexity index is 691. The minimum absolute atomic E-state index is 0.131. The van der Waals surface area contributed by atoms with Crippen LogP contribution in [0, 0.1) is 11.8 Å². The van der Waals surface area contributed by atoms with Gasteiger partial charge in [0.2, 0.25) is 17.7 Å². The average molecular weight is 388 g/mol. The van der Waals surface area contributed by atoms with Gasteiger partial charge < -0.3 is 21.1 Å². The Labute approximate surface area is 164 Å². The normalized spacial score (nSPS) is 23.7. The van der Waals surface area contributed by atoms with Gasteiger partial charge in [-0.25, -0.2) is 0 Å². The molecule has 1 aromatic rings. The lowest BCUT2D eigenvalue weighted by Gasteiger charge is -2.25. The number of hydrogen-bond donors (Lipinski definition) is 5. The van der Waals surface area contributed by atoms with Crippen molar-refractivity contribution in [3.63, 3.8) is 0 Å². The van der Waals surface area contributed by atoms with Crippen molar-refractivity contribution in [1.29, 1.82) is 0 Å². The lowest BCUT2D eigenvalue weighted by Crippen LogP contribution is -2.50. The van der Waals surface area contributed by atoms with Crippen LogP contribution in [0.2, 0.25) is 0 Å². The molecule has 0 spiro atoms. The van der Waals surface area contributed by atoms with Crippen LogP contribution in [-0.4, -0.2) is 48.2 Å². The topological polar surface area (TPSA) is 120 Å². The summed E-state index contributed by atoms with van der Waals surface area (Å²) in [6.07, 6.45) is 0.831. The van der Waals surface area contributed by atoms with Gasteiger partial charge in [-0.15, -0.1) is 0 Å². The number of hydrogen-bond acceptors (Lipinski definition) is 5. The summed E-state index contributed by atoms with van der Waals surface area (Å²) in [6.45, 7) is 1.64. The Morgan fingerprint density at radius 3 is 2.57 bits per heavy atom. The zero-order chi connectivity index (χ0) is 19.9. The summed E-state index contributed by atoms with van der Waals surface area (Å²) >= 11 is 0. The third-order valence-corrected chi connectivity index (χ3v) is 5.37. The smallest absolute Gasteiger partial charge is 0.249 e. The second kappa shape index (κ2) is 9.66. The summed E-state index contributed by atoms with van der Waals surface area (Å²) < 4.78 is 0.